The minimum absolute atomic E-state index is 0.00614. The number of Topliss-reactive ketones (excluding diaryl/α,β-unsaturated/α-hetero) is 1. The highest BCUT2D eigenvalue weighted by Crippen LogP contribution is 2.42. The molecule has 0 spiro atoms. The second-order valence-electron chi connectivity index (χ2n) is 7.32. The number of aliphatic hydroxyl groups is 1. The molecule has 1 heterocycles. The number of anilines is 1. The molecule has 33 heavy (non-hydrogen) atoms. The van der Waals surface area contributed by atoms with E-state index in [1.807, 2.05) is 0 Å². The topological polar surface area (TPSA) is 132 Å². The van der Waals surface area contributed by atoms with Crippen LogP contribution in [-0.2, 0) is 9.59 Å². The Hall–Kier alpha value is -4.72. The standard InChI is InChI=1S/C25H17NO7/c27-21(15-5-2-1-3-6-15)19-20(14-9-11-16(12-10-14)24(30)31)26(23(29)22(19)28)18-8-4-7-17(13-18)25(32)33/h1-13,20,27H,(H,30,31)(H,32,33)/b21-19+. The summed E-state index contributed by atoms with van der Waals surface area (Å²) in [6.45, 7) is 0. The van der Waals surface area contributed by atoms with Crippen LogP contribution in [0.2, 0.25) is 0 Å². The minimum atomic E-state index is -1.21. The van der Waals surface area contributed by atoms with E-state index in [-0.39, 0.29) is 22.4 Å². The molecule has 0 radical (unpaired) electrons. The zero-order valence-corrected chi connectivity index (χ0v) is 17.0. The normalized spacial score (nSPS) is 17.2. The third-order valence-electron chi connectivity index (χ3n) is 5.34. The molecule has 1 aliphatic rings. The number of carbonyl (C=O) groups is 4. The third kappa shape index (κ3) is 3.85. The van der Waals surface area contributed by atoms with Gasteiger partial charge in [-0.05, 0) is 35.9 Å². The lowest BCUT2D eigenvalue weighted by atomic mass is 9.94. The highest BCUT2D eigenvalue weighted by Gasteiger charge is 2.47. The first-order valence-corrected chi connectivity index (χ1v) is 9.82. The summed E-state index contributed by atoms with van der Waals surface area (Å²) < 4.78 is 0. The van der Waals surface area contributed by atoms with Crippen LogP contribution in [0.3, 0.4) is 0 Å². The van der Waals surface area contributed by atoms with Crippen LogP contribution in [0.5, 0.6) is 0 Å². The maximum atomic E-state index is 13.1. The van der Waals surface area contributed by atoms with Gasteiger partial charge in [0, 0.05) is 11.3 Å². The van der Waals surface area contributed by atoms with Gasteiger partial charge in [0.25, 0.3) is 11.7 Å². The smallest absolute Gasteiger partial charge is 0.335 e. The molecule has 8 heteroatoms. The number of hydrogen-bond acceptors (Lipinski definition) is 5. The van der Waals surface area contributed by atoms with Crippen LogP contribution in [0.4, 0.5) is 5.69 Å². The number of carbonyl (C=O) groups excluding carboxylic acids is 2. The van der Waals surface area contributed by atoms with Gasteiger partial charge in [-0.3, -0.25) is 14.5 Å². The molecule has 1 atom stereocenters. The summed E-state index contributed by atoms with van der Waals surface area (Å²) >= 11 is 0. The summed E-state index contributed by atoms with van der Waals surface area (Å²) in [7, 11) is 0. The van der Waals surface area contributed by atoms with Crippen molar-refractivity contribution in [3.63, 3.8) is 0 Å². The van der Waals surface area contributed by atoms with Gasteiger partial charge < -0.3 is 15.3 Å². The van der Waals surface area contributed by atoms with Crippen LogP contribution >= 0.6 is 0 Å². The second-order valence-corrected chi connectivity index (χ2v) is 7.32. The molecule has 3 aromatic rings. The molecule has 0 bridgehead atoms. The zero-order chi connectivity index (χ0) is 23.7. The Kier molecular flexibility index (Phi) is 5.49. The van der Waals surface area contributed by atoms with E-state index in [4.69, 9.17) is 0 Å². The van der Waals surface area contributed by atoms with Gasteiger partial charge >= 0.3 is 11.9 Å². The number of carboxylic acids is 2. The second kappa shape index (κ2) is 8.43. The lowest BCUT2D eigenvalue weighted by Gasteiger charge is -2.25. The van der Waals surface area contributed by atoms with Gasteiger partial charge in [0.2, 0.25) is 0 Å². The van der Waals surface area contributed by atoms with Crippen molar-refractivity contribution in [3.8, 4) is 0 Å². The SMILES string of the molecule is O=C1C(=O)N(c2cccc(C(=O)O)c2)C(c2ccc(C(=O)O)cc2)/C1=C(\O)c1ccccc1. The molecular formula is C25H17NO7. The number of rotatable bonds is 5. The fourth-order valence-corrected chi connectivity index (χ4v) is 3.76. The van der Waals surface area contributed by atoms with Crippen molar-refractivity contribution in [2.45, 2.75) is 6.04 Å². The lowest BCUT2D eigenvalue weighted by molar-refractivity contribution is -0.132. The number of amides is 1. The molecule has 3 aromatic carbocycles. The summed E-state index contributed by atoms with van der Waals surface area (Å²) in [4.78, 5) is 50.0. The third-order valence-corrected chi connectivity index (χ3v) is 5.34. The van der Waals surface area contributed by atoms with Crippen LogP contribution in [0.1, 0.15) is 37.9 Å². The number of aromatic carboxylic acids is 2. The van der Waals surface area contributed by atoms with Crippen molar-refractivity contribution in [1.82, 2.24) is 0 Å². The molecule has 1 amide bonds. The number of benzene rings is 3. The Morgan fingerprint density at radius 1 is 0.697 bits per heavy atom. The van der Waals surface area contributed by atoms with Gasteiger partial charge in [-0.1, -0.05) is 48.5 Å². The van der Waals surface area contributed by atoms with Crippen molar-refractivity contribution < 1.29 is 34.5 Å². The highest BCUT2D eigenvalue weighted by atomic mass is 16.4. The molecule has 4 rings (SSSR count). The lowest BCUT2D eigenvalue weighted by Crippen LogP contribution is -2.29. The number of carboxylic acid groups (broad SMARTS) is 2. The number of aliphatic hydroxyl groups excluding tert-OH is 1. The van der Waals surface area contributed by atoms with E-state index in [1.165, 1.54) is 48.5 Å². The van der Waals surface area contributed by atoms with Gasteiger partial charge in [-0.25, -0.2) is 9.59 Å². The summed E-state index contributed by atoms with van der Waals surface area (Å²) in [6, 6.07) is 18.2. The Morgan fingerprint density at radius 2 is 1.30 bits per heavy atom. The quantitative estimate of drug-likeness (QED) is 0.311. The number of ketones is 1. The van der Waals surface area contributed by atoms with E-state index in [2.05, 4.69) is 0 Å². The maximum absolute atomic E-state index is 13.1. The van der Waals surface area contributed by atoms with E-state index >= 15 is 0 Å². The van der Waals surface area contributed by atoms with Crippen molar-refractivity contribution in [3.05, 3.63) is 107 Å². The van der Waals surface area contributed by atoms with E-state index in [0.717, 1.165) is 4.90 Å². The van der Waals surface area contributed by atoms with Gasteiger partial charge in [0.1, 0.15) is 5.76 Å². The number of nitrogens with zero attached hydrogens (tertiary/aromatic N) is 1. The first-order valence-electron chi connectivity index (χ1n) is 9.82. The molecule has 1 fully saturated rings. The Labute approximate surface area is 187 Å². The van der Waals surface area contributed by atoms with Crippen molar-refractivity contribution in [2.24, 2.45) is 0 Å². The van der Waals surface area contributed by atoms with E-state index in [0.29, 0.717) is 11.1 Å². The Morgan fingerprint density at radius 3 is 1.91 bits per heavy atom. The maximum Gasteiger partial charge on any atom is 0.335 e. The largest absolute Gasteiger partial charge is 0.507 e. The van der Waals surface area contributed by atoms with Crippen LogP contribution in [0.25, 0.3) is 5.76 Å². The summed E-state index contributed by atoms with van der Waals surface area (Å²) in [5, 5.41) is 29.5. The van der Waals surface area contributed by atoms with Gasteiger partial charge in [-0.15, -0.1) is 0 Å². The predicted molar refractivity (Wildman–Crippen MR) is 118 cm³/mol. The first-order chi connectivity index (χ1) is 15.8. The van der Waals surface area contributed by atoms with E-state index < -0.39 is 35.4 Å². The predicted octanol–water partition coefficient (Wildman–Crippen LogP) is 3.71. The summed E-state index contributed by atoms with van der Waals surface area (Å²) in [5.41, 5.74) is 0.579. The van der Waals surface area contributed by atoms with Crippen LogP contribution in [0.15, 0.2) is 84.4 Å². The molecule has 8 nitrogen and oxygen atoms in total. The molecule has 164 valence electrons. The molecular weight excluding hydrogens is 426 g/mol. The molecule has 1 saturated heterocycles. The molecule has 3 N–H and O–H groups in total. The Balaban J connectivity index is 1.94. The molecule has 1 aliphatic heterocycles. The molecule has 0 aliphatic carbocycles. The van der Waals surface area contributed by atoms with Crippen LogP contribution < -0.4 is 4.90 Å². The van der Waals surface area contributed by atoms with Crippen molar-refractivity contribution in [2.75, 3.05) is 4.90 Å². The zero-order valence-electron chi connectivity index (χ0n) is 17.0. The molecule has 0 saturated carbocycles. The average Bonchev–Trinajstić information content (AvgIpc) is 3.09. The van der Waals surface area contributed by atoms with Gasteiger partial charge in [0.05, 0.1) is 22.7 Å². The number of hydrogen-bond donors (Lipinski definition) is 3. The first kappa shape index (κ1) is 21.5. The fourth-order valence-electron chi connectivity index (χ4n) is 3.76. The minimum Gasteiger partial charge on any atom is -0.507 e. The van der Waals surface area contributed by atoms with E-state index in [9.17, 15) is 34.5 Å². The molecule has 0 aromatic heterocycles. The summed E-state index contributed by atoms with van der Waals surface area (Å²) in [5.74, 6) is -4.63. The highest BCUT2D eigenvalue weighted by molar-refractivity contribution is 6.51. The van der Waals surface area contributed by atoms with Crippen molar-refractivity contribution >= 4 is 35.1 Å². The summed E-state index contributed by atoms with van der Waals surface area (Å²) in [6.07, 6.45) is 0. The Bertz CT molecular complexity index is 1310. The van der Waals surface area contributed by atoms with Crippen LogP contribution in [-0.4, -0.2) is 38.9 Å². The average molecular weight is 443 g/mol. The molecule has 1 unspecified atom stereocenters. The van der Waals surface area contributed by atoms with Crippen molar-refractivity contribution in [1.29, 1.82) is 0 Å². The van der Waals surface area contributed by atoms with Crippen LogP contribution in [0, 0.1) is 0 Å². The van der Waals surface area contributed by atoms with Gasteiger partial charge in [0.15, 0.2) is 0 Å². The van der Waals surface area contributed by atoms with E-state index in [1.54, 1.807) is 30.3 Å². The van der Waals surface area contributed by atoms with Gasteiger partial charge in [-0.2, -0.15) is 0 Å². The fraction of sp³-hybridized carbons (Fsp3) is 0.0400. The monoisotopic (exact) mass is 443 g/mol.